The standard InChI is InChI=1S/C16H13F3O4/c1-2-22-14-7-6-11(9-13(14)15(20)21)10-4-3-5-12(8-10)23-16(17,18)19/h3-9H,2H2,1H3,(H,20,21). The molecule has 0 heterocycles. The Morgan fingerprint density at radius 3 is 2.43 bits per heavy atom. The number of halogens is 3. The van der Waals surface area contributed by atoms with Gasteiger partial charge in [0.25, 0.3) is 0 Å². The van der Waals surface area contributed by atoms with Crippen LogP contribution in [0.5, 0.6) is 11.5 Å². The molecule has 0 saturated heterocycles. The maximum absolute atomic E-state index is 12.3. The Bertz CT molecular complexity index is 711. The summed E-state index contributed by atoms with van der Waals surface area (Å²) < 4.78 is 45.9. The molecular weight excluding hydrogens is 313 g/mol. The molecule has 0 radical (unpaired) electrons. The Labute approximate surface area is 130 Å². The molecule has 0 aliphatic rings. The van der Waals surface area contributed by atoms with Crippen LogP contribution in [0.2, 0.25) is 0 Å². The summed E-state index contributed by atoms with van der Waals surface area (Å²) in [5.74, 6) is -1.36. The summed E-state index contributed by atoms with van der Waals surface area (Å²) in [6.07, 6.45) is -4.79. The summed E-state index contributed by atoms with van der Waals surface area (Å²) in [4.78, 5) is 11.3. The van der Waals surface area contributed by atoms with Crippen molar-refractivity contribution in [2.24, 2.45) is 0 Å². The topological polar surface area (TPSA) is 55.8 Å². The zero-order valence-corrected chi connectivity index (χ0v) is 12.1. The van der Waals surface area contributed by atoms with Crippen molar-refractivity contribution >= 4 is 5.97 Å². The first-order valence-electron chi connectivity index (χ1n) is 6.66. The molecule has 0 saturated carbocycles. The van der Waals surface area contributed by atoms with Gasteiger partial charge in [0, 0.05) is 0 Å². The lowest BCUT2D eigenvalue weighted by molar-refractivity contribution is -0.274. The van der Waals surface area contributed by atoms with Crippen LogP contribution in [0.15, 0.2) is 42.5 Å². The minimum atomic E-state index is -4.79. The van der Waals surface area contributed by atoms with Gasteiger partial charge < -0.3 is 14.6 Å². The van der Waals surface area contributed by atoms with Crippen LogP contribution in [-0.4, -0.2) is 24.0 Å². The molecule has 2 aromatic carbocycles. The number of hydrogen-bond donors (Lipinski definition) is 1. The summed E-state index contributed by atoms with van der Waals surface area (Å²) in [5.41, 5.74) is 0.780. The first-order chi connectivity index (χ1) is 10.8. The van der Waals surface area contributed by atoms with E-state index in [0.29, 0.717) is 17.7 Å². The minimum Gasteiger partial charge on any atom is -0.493 e. The average molecular weight is 326 g/mol. The Hall–Kier alpha value is -2.70. The van der Waals surface area contributed by atoms with Crippen LogP contribution >= 0.6 is 0 Å². The molecule has 0 aliphatic carbocycles. The molecular formula is C16H13F3O4. The highest BCUT2D eigenvalue weighted by molar-refractivity contribution is 5.92. The molecule has 0 aromatic heterocycles. The Kier molecular flexibility index (Phi) is 4.78. The molecule has 122 valence electrons. The molecule has 2 aromatic rings. The fourth-order valence-corrected chi connectivity index (χ4v) is 2.03. The van der Waals surface area contributed by atoms with E-state index >= 15 is 0 Å². The van der Waals surface area contributed by atoms with E-state index in [0.717, 1.165) is 0 Å². The second kappa shape index (κ2) is 6.60. The summed E-state index contributed by atoms with van der Waals surface area (Å²) in [5, 5.41) is 9.22. The molecule has 0 fully saturated rings. The van der Waals surface area contributed by atoms with Gasteiger partial charge in [-0.1, -0.05) is 18.2 Å². The van der Waals surface area contributed by atoms with Crippen molar-refractivity contribution in [1.82, 2.24) is 0 Å². The van der Waals surface area contributed by atoms with Gasteiger partial charge in [-0.2, -0.15) is 0 Å². The van der Waals surface area contributed by atoms with Crippen molar-refractivity contribution in [2.75, 3.05) is 6.61 Å². The minimum absolute atomic E-state index is 0.0634. The molecule has 0 atom stereocenters. The number of hydrogen-bond acceptors (Lipinski definition) is 3. The molecule has 0 bridgehead atoms. The number of carboxylic acids is 1. The van der Waals surface area contributed by atoms with Gasteiger partial charge in [0.15, 0.2) is 0 Å². The quantitative estimate of drug-likeness (QED) is 0.887. The van der Waals surface area contributed by atoms with Crippen LogP contribution in [0.25, 0.3) is 11.1 Å². The third kappa shape index (κ3) is 4.38. The van der Waals surface area contributed by atoms with E-state index in [1.54, 1.807) is 19.1 Å². The van der Waals surface area contributed by atoms with Crippen molar-refractivity contribution in [2.45, 2.75) is 13.3 Å². The highest BCUT2D eigenvalue weighted by Crippen LogP contribution is 2.30. The van der Waals surface area contributed by atoms with E-state index in [1.165, 1.54) is 30.3 Å². The maximum atomic E-state index is 12.3. The largest absolute Gasteiger partial charge is 0.573 e. The zero-order valence-electron chi connectivity index (χ0n) is 12.1. The predicted octanol–water partition coefficient (Wildman–Crippen LogP) is 4.35. The van der Waals surface area contributed by atoms with E-state index in [4.69, 9.17) is 4.74 Å². The molecule has 4 nitrogen and oxygen atoms in total. The molecule has 2 rings (SSSR count). The highest BCUT2D eigenvalue weighted by atomic mass is 19.4. The van der Waals surface area contributed by atoms with Gasteiger partial charge in [0.2, 0.25) is 0 Å². The van der Waals surface area contributed by atoms with Gasteiger partial charge in [-0.3, -0.25) is 0 Å². The molecule has 23 heavy (non-hydrogen) atoms. The Morgan fingerprint density at radius 1 is 1.13 bits per heavy atom. The monoisotopic (exact) mass is 326 g/mol. The number of benzene rings is 2. The lowest BCUT2D eigenvalue weighted by Gasteiger charge is -2.12. The van der Waals surface area contributed by atoms with Gasteiger partial charge in [-0.25, -0.2) is 4.79 Å². The van der Waals surface area contributed by atoms with Gasteiger partial charge in [-0.15, -0.1) is 13.2 Å². The second-order valence-electron chi connectivity index (χ2n) is 4.52. The van der Waals surface area contributed by atoms with Gasteiger partial charge in [-0.05, 0) is 42.3 Å². The fraction of sp³-hybridized carbons (Fsp3) is 0.188. The zero-order chi connectivity index (χ0) is 17.0. The SMILES string of the molecule is CCOc1ccc(-c2cccc(OC(F)(F)F)c2)cc1C(=O)O. The van der Waals surface area contributed by atoms with Crippen LogP contribution in [0.3, 0.4) is 0 Å². The normalized spacial score (nSPS) is 11.1. The highest BCUT2D eigenvalue weighted by Gasteiger charge is 2.31. The van der Waals surface area contributed by atoms with Crippen molar-refractivity contribution in [3.05, 3.63) is 48.0 Å². The van der Waals surface area contributed by atoms with Crippen LogP contribution in [-0.2, 0) is 0 Å². The summed E-state index contributed by atoms with van der Waals surface area (Å²) in [6, 6.07) is 9.71. The second-order valence-corrected chi connectivity index (χ2v) is 4.52. The van der Waals surface area contributed by atoms with Crippen LogP contribution < -0.4 is 9.47 Å². The molecule has 0 unspecified atom stereocenters. The van der Waals surface area contributed by atoms with Crippen LogP contribution in [0.1, 0.15) is 17.3 Å². The lowest BCUT2D eigenvalue weighted by atomic mass is 10.0. The number of ether oxygens (including phenoxy) is 2. The molecule has 1 N–H and O–H groups in total. The van der Waals surface area contributed by atoms with Crippen LogP contribution in [0.4, 0.5) is 13.2 Å². The van der Waals surface area contributed by atoms with Crippen molar-refractivity contribution in [3.8, 4) is 22.6 Å². The first-order valence-corrected chi connectivity index (χ1v) is 6.66. The van der Waals surface area contributed by atoms with Gasteiger partial charge >= 0.3 is 12.3 Å². The van der Waals surface area contributed by atoms with E-state index < -0.39 is 12.3 Å². The van der Waals surface area contributed by atoms with Crippen molar-refractivity contribution in [1.29, 1.82) is 0 Å². The number of rotatable bonds is 5. The Morgan fingerprint density at radius 2 is 1.83 bits per heavy atom. The van der Waals surface area contributed by atoms with E-state index in [9.17, 15) is 23.1 Å². The molecule has 7 heteroatoms. The molecule has 0 spiro atoms. The number of carbonyl (C=O) groups is 1. The third-order valence-electron chi connectivity index (χ3n) is 2.91. The fourth-order valence-electron chi connectivity index (χ4n) is 2.03. The summed E-state index contributed by atoms with van der Waals surface area (Å²) in [7, 11) is 0. The van der Waals surface area contributed by atoms with Crippen molar-refractivity contribution in [3.63, 3.8) is 0 Å². The van der Waals surface area contributed by atoms with E-state index in [-0.39, 0.29) is 17.1 Å². The lowest BCUT2D eigenvalue weighted by Crippen LogP contribution is -2.17. The van der Waals surface area contributed by atoms with Crippen LogP contribution in [0, 0.1) is 0 Å². The third-order valence-corrected chi connectivity index (χ3v) is 2.91. The molecule has 0 amide bonds. The summed E-state index contributed by atoms with van der Waals surface area (Å²) >= 11 is 0. The van der Waals surface area contributed by atoms with E-state index in [1.807, 2.05) is 0 Å². The van der Waals surface area contributed by atoms with Gasteiger partial charge in [0.1, 0.15) is 17.1 Å². The van der Waals surface area contributed by atoms with Gasteiger partial charge in [0.05, 0.1) is 6.61 Å². The number of aromatic carboxylic acids is 1. The number of alkyl halides is 3. The van der Waals surface area contributed by atoms with E-state index in [2.05, 4.69) is 4.74 Å². The van der Waals surface area contributed by atoms with Crippen molar-refractivity contribution < 1.29 is 32.5 Å². The predicted molar refractivity (Wildman–Crippen MR) is 76.7 cm³/mol. The Balaban J connectivity index is 2.40. The molecule has 0 aliphatic heterocycles. The maximum Gasteiger partial charge on any atom is 0.573 e. The summed E-state index contributed by atoms with van der Waals surface area (Å²) in [6.45, 7) is 2.02. The number of carboxylic acid groups (broad SMARTS) is 1. The smallest absolute Gasteiger partial charge is 0.493 e. The first kappa shape index (κ1) is 16.7. The average Bonchev–Trinajstić information content (AvgIpc) is 2.46.